The summed E-state index contributed by atoms with van der Waals surface area (Å²) in [6.45, 7) is 0.374. The Labute approximate surface area is 139 Å². The Morgan fingerprint density at radius 3 is 2.74 bits per heavy atom. The van der Waals surface area contributed by atoms with Gasteiger partial charge in [0.15, 0.2) is 0 Å². The molecule has 1 N–H and O–H groups in total. The van der Waals surface area contributed by atoms with Crippen LogP contribution in [0, 0.1) is 5.92 Å². The largest absolute Gasteiger partial charge is 0.497 e. The maximum Gasteiger partial charge on any atom is 0.265 e. The Hall–Kier alpha value is -1.92. The fourth-order valence-electron chi connectivity index (χ4n) is 2.42. The van der Waals surface area contributed by atoms with Crippen LogP contribution in [0.4, 0.5) is 0 Å². The molecule has 0 bridgehead atoms. The number of hydrogen-bond donors (Lipinski definition) is 1. The molecule has 0 aliphatic heterocycles. The second-order valence-electron chi connectivity index (χ2n) is 5.85. The number of likely N-dealkylation sites (N-methyl/N-ethyl adjacent to an activating group) is 1. The van der Waals surface area contributed by atoms with Gasteiger partial charge >= 0.3 is 0 Å². The van der Waals surface area contributed by atoms with Gasteiger partial charge in [0.05, 0.1) is 19.4 Å². The standard InChI is InChI=1S/C17H20N2O3S/c1-19(10-14(20)11-3-4-11)17(21)15-9-18-16(23-15)12-5-7-13(22-2)8-6-12/h5-9,11,14,20H,3-4,10H2,1-2H3. The van der Waals surface area contributed by atoms with Crippen molar-refractivity contribution in [1.29, 1.82) is 0 Å². The zero-order valence-corrected chi connectivity index (χ0v) is 14.0. The number of nitrogens with zero attached hydrogens (tertiary/aromatic N) is 2. The molecule has 6 heteroatoms. The van der Waals surface area contributed by atoms with E-state index in [0.717, 1.165) is 29.2 Å². The lowest BCUT2D eigenvalue weighted by atomic mass is 10.2. The summed E-state index contributed by atoms with van der Waals surface area (Å²) in [6, 6.07) is 7.59. The molecule has 0 saturated heterocycles. The molecule has 1 aliphatic carbocycles. The molecule has 122 valence electrons. The lowest BCUT2D eigenvalue weighted by Crippen LogP contribution is -2.34. The summed E-state index contributed by atoms with van der Waals surface area (Å²) in [4.78, 5) is 18.9. The fraction of sp³-hybridized carbons (Fsp3) is 0.412. The highest BCUT2D eigenvalue weighted by Gasteiger charge is 2.31. The molecule has 1 aromatic heterocycles. The average molecular weight is 332 g/mol. The second kappa shape index (κ2) is 6.68. The number of methoxy groups -OCH3 is 1. The Kier molecular flexibility index (Phi) is 4.63. The molecule has 2 aromatic rings. The first-order valence-corrected chi connectivity index (χ1v) is 8.44. The molecule has 1 aliphatic rings. The van der Waals surface area contributed by atoms with Gasteiger partial charge in [-0.25, -0.2) is 4.98 Å². The van der Waals surface area contributed by atoms with Crippen molar-refractivity contribution in [2.45, 2.75) is 18.9 Å². The molecule has 0 spiro atoms. The van der Waals surface area contributed by atoms with Gasteiger partial charge in [0.1, 0.15) is 15.6 Å². The number of aromatic nitrogens is 1. The minimum Gasteiger partial charge on any atom is -0.497 e. The molecular weight excluding hydrogens is 312 g/mol. The summed E-state index contributed by atoms with van der Waals surface area (Å²) in [5.74, 6) is 1.05. The van der Waals surface area contributed by atoms with Gasteiger partial charge in [-0.1, -0.05) is 0 Å². The summed E-state index contributed by atoms with van der Waals surface area (Å²) < 4.78 is 5.14. The third-order valence-corrected chi connectivity index (χ3v) is 5.06. The van der Waals surface area contributed by atoms with Crippen LogP contribution in [0.3, 0.4) is 0 Å². The van der Waals surface area contributed by atoms with Crippen molar-refractivity contribution in [3.05, 3.63) is 35.3 Å². The zero-order chi connectivity index (χ0) is 16.4. The van der Waals surface area contributed by atoms with Crippen LogP contribution in [-0.2, 0) is 0 Å². The van der Waals surface area contributed by atoms with Crippen molar-refractivity contribution < 1.29 is 14.6 Å². The SMILES string of the molecule is COc1ccc(-c2ncc(C(=O)N(C)CC(O)C3CC3)s2)cc1. The summed E-state index contributed by atoms with van der Waals surface area (Å²) in [5.41, 5.74) is 0.954. The normalized spacial score (nSPS) is 15.3. The molecule has 1 unspecified atom stereocenters. The molecule has 3 rings (SSSR count). The maximum atomic E-state index is 12.4. The summed E-state index contributed by atoms with van der Waals surface area (Å²) in [7, 11) is 3.35. The molecule has 5 nitrogen and oxygen atoms in total. The average Bonchev–Trinajstić information content (AvgIpc) is 3.31. The Morgan fingerprint density at radius 2 is 2.13 bits per heavy atom. The van der Waals surface area contributed by atoms with E-state index < -0.39 is 6.10 Å². The fourth-order valence-corrected chi connectivity index (χ4v) is 3.34. The summed E-state index contributed by atoms with van der Waals surface area (Å²) in [6.07, 6.45) is 3.31. The van der Waals surface area contributed by atoms with Gasteiger partial charge in [-0.2, -0.15) is 0 Å². The number of rotatable bonds is 6. The van der Waals surface area contributed by atoms with E-state index in [9.17, 15) is 9.90 Å². The highest BCUT2D eigenvalue weighted by atomic mass is 32.1. The number of aliphatic hydroxyl groups excluding tert-OH is 1. The molecule has 1 heterocycles. The van der Waals surface area contributed by atoms with Crippen molar-refractivity contribution in [2.24, 2.45) is 5.92 Å². The van der Waals surface area contributed by atoms with Gasteiger partial charge in [-0.3, -0.25) is 4.79 Å². The Balaban J connectivity index is 1.68. The molecule has 23 heavy (non-hydrogen) atoms. The third-order valence-electron chi connectivity index (χ3n) is 4.03. The quantitative estimate of drug-likeness (QED) is 0.883. The lowest BCUT2D eigenvalue weighted by Gasteiger charge is -2.19. The first-order chi connectivity index (χ1) is 11.1. The maximum absolute atomic E-state index is 12.4. The van der Waals surface area contributed by atoms with Crippen LogP contribution in [0.2, 0.25) is 0 Å². The van der Waals surface area contributed by atoms with Crippen LogP contribution < -0.4 is 4.74 Å². The smallest absolute Gasteiger partial charge is 0.265 e. The van der Waals surface area contributed by atoms with Gasteiger partial charge in [0.2, 0.25) is 0 Å². The minimum absolute atomic E-state index is 0.0954. The van der Waals surface area contributed by atoms with E-state index in [4.69, 9.17) is 4.74 Å². The number of thiazole rings is 1. The van der Waals surface area contributed by atoms with E-state index in [2.05, 4.69) is 4.98 Å². The molecule has 0 radical (unpaired) electrons. The number of aliphatic hydroxyl groups is 1. The van der Waals surface area contributed by atoms with Crippen LogP contribution in [0.15, 0.2) is 30.5 Å². The predicted molar refractivity (Wildman–Crippen MR) is 89.8 cm³/mol. The summed E-state index contributed by atoms with van der Waals surface area (Å²) in [5, 5.41) is 10.8. The molecular formula is C17H20N2O3S. The Morgan fingerprint density at radius 1 is 1.43 bits per heavy atom. The van der Waals surface area contributed by atoms with Gasteiger partial charge in [-0.15, -0.1) is 11.3 Å². The van der Waals surface area contributed by atoms with Crippen LogP contribution in [0.25, 0.3) is 10.6 Å². The predicted octanol–water partition coefficient (Wildman–Crippen LogP) is 2.66. The van der Waals surface area contributed by atoms with E-state index in [1.165, 1.54) is 11.3 Å². The van der Waals surface area contributed by atoms with Crippen LogP contribution >= 0.6 is 11.3 Å². The molecule has 1 fully saturated rings. The second-order valence-corrected chi connectivity index (χ2v) is 6.88. The van der Waals surface area contributed by atoms with Gasteiger partial charge in [0, 0.05) is 19.2 Å². The first-order valence-electron chi connectivity index (χ1n) is 7.62. The van der Waals surface area contributed by atoms with Crippen molar-refractivity contribution in [1.82, 2.24) is 9.88 Å². The Bertz CT molecular complexity index is 679. The minimum atomic E-state index is -0.419. The van der Waals surface area contributed by atoms with Gasteiger partial charge in [0.25, 0.3) is 5.91 Å². The van der Waals surface area contributed by atoms with Crippen molar-refractivity contribution in [3.63, 3.8) is 0 Å². The zero-order valence-electron chi connectivity index (χ0n) is 13.2. The number of carbonyl (C=O) groups excluding carboxylic acids is 1. The van der Waals surface area contributed by atoms with E-state index in [1.807, 2.05) is 24.3 Å². The number of benzene rings is 1. The van der Waals surface area contributed by atoms with Crippen molar-refractivity contribution >= 4 is 17.2 Å². The third kappa shape index (κ3) is 3.71. The monoisotopic (exact) mass is 332 g/mol. The molecule has 1 atom stereocenters. The van der Waals surface area contributed by atoms with Gasteiger partial charge in [-0.05, 0) is 43.0 Å². The van der Waals surface area contributed by atoms with Crippen LogP contribution in [0.1, 0.15) is 22.5 Å². The van der Waals surface area contributed by atoms with Crippen molar-refractivity contribution in [2.75, 3.05) is 20.7 Å². The molecule has 1 saturated carbocycles. The van der Waals surface area contributed by atoms with Crippen LogP contribution in [-0.4, -0.2) is 47.7 Å². The van der Waals surface area contributed by atoms with Gasteiger partial charge < -0.3 is 14.7 Å². The molecule has 1 amide bonds. The van der Waals surface area contributed by atoms with E-state index >= 15 is 0 Å². The number of hydrogen-bond acceptors (Lipinski definition) is 5. The van der Waals surface area contributed by atoms with Crippen molar-refractivity contribution in [3.8, 4) is 16.3 Å². The van der Waals surface area contributed by atoms with E-state index in [0.29, 0.717) is 17.3 Å². The van der Waals surface area contributed by atoms with Crippen LogP contribution in [0.5, 0.6) is 5.75 Å². The summed E-state index contributed by atoms with van der Waals surface area (Å²) >= 11 is 1.36. The highest BCUT2D eigenvalue weighted by Crippen LogP contribution is 2.33. The lowest BCUT2D eigenvalue weighted by molar-refractivity contribution is 0.0649. The highest BCUT2D eigenvalue weighted by molar-refractivity contribution is 7.16. The topological polar surface area (TPSA) is 62.7 Å². The number of ether oxygens (including phenoxy) is 1. The first kappa shape index (κ1) is 16.0. The number of carbonyl (C=O) groups is 1. The van der Waals surface area contributed by atoms with E-state index in [1.54, 1.807) is 25.3 Å². The molecule has 1 aromatic carbocycles. The number of amides is 1. The van der Waals surface area contributed by atoms with E-state index in [-0.39, 0.29) is 5.91 Å².